The summed E-state index contributed by atoms with van der Waals surface area (Å²) in [5.41, 5.74) is 4.41. The van der Waals surface area contributed by atoms with Gasteiger partial charge in [-0.2, -0.15) is 0 Å². The number of rotatable bonds is 5. The topological polar surface area (TPSA) is 49.4 Å². The molecule has 3 aromatic rings. The van der Waals surface area contributed by atoms with Crippen molar-refractivity contribution in [1.29, 1.82) is 0 Å². The summed E-state index contributed by atoms with van der Waals surface area (Å²) < 4.78 is 1.00. The zero-order valence-electron chi connectivity index (χ0n) is 16.8. The fraction of sp³-hybridized carbons (Fsp3) is 0.167. The van der Waals surface area contributed by atoms with Crippen molar-refractivity contribution in [1.82, 2.24) is 4.90 Å². The van der Waals surface area contributed by atoms with E-state index in [4.69, 9.17) is 11.6 Å². The maximum Gasteiger partial charge on any atom is 0.255 e. The van der Waals surface area contributed by atoms with Gasteiger partial charge < -0.3 is 10.2 Å². The van der Waals surface area contributed by atoms with E-state index < -0.39 is 0 Å². The molecule has 158 valence electrons. The van der Waals surface area contributed by atoms with Crippen LogP contribution in [0.3, 0.4) is 0 Å². The molecule has 1 N–H and O–H groups in total. The first-order valence-corrected chi connectivity index (χ1v) is 12.0. The first-order chi connectivity index (χ1) is 14.9. The van der Waals surface area contributed by atoms with Gasteiger partial charge in [0, 0.05) is 27.3 Å². The van der Waals surface area contributed by atoms with Gasteiger partial charge in [-0.15, -0.1) is 11.8 Å². The number of carbonyl (C=O) groups excluding carboxylic acids is 2. The van der Waals surface area contributed by atoms with Gasteiger partial charge in [-0.25, -0.2) is 0 Å². The highest BCUT2D eigenvalue weighted by Crippen LogP contribution is 2.39. The number of hydrogen-bond donors (Lipinski definition) is 1. The van der Waals surface area contributed by atoms with Crippen LogP contribution >= 0.6 is 39.3 Å². The van der Waals surface area contributed by atoms with Crippen molar-refractivity contribution < 1.29 is 9.59 Å². The molecule has 4 nitrogen and oxygen atoms in total. The molecule has 1 heterocycles. The molecule has 1 aliphatic heterocycles. The molecule has 7 heteroatoms. The van der Waals surface area contributed by atoms with Crippen molar-refractivity contribution in [3.8, 4) is 0 Å². The minimum atomic E-state index is -0.165. The number of nitrogens with zero attached hydrogens (tertiary/aromatic N) is 1. The van der Waals surface area contributed by atoms with Crippen molar-refractivity contribution in [2.75, 3.05) is 11.1 Å². The Morgan fingerprint density at radius 2 is 1.84 bits per heavy atom. The van der Waals surface area contributed by atoms with Gasteiger partial charge in [-0.1, -0.05) is 51.8 Å². The van der Waals surface area contributed by atoms with Crippen LogP contribution in [0.25, 0.3) is 0 Å². The van der Waals surface area contributed by atoms with Crippen LogP contribution in [0.1, 0.15) is 32.4 Å². The van der Waals surface area contributed by atoms with Crippen molar-refractivity contribution in [3.63, 3.8) is 0 Å². The molecule has 0 spiro atoms. The standard InChI is InChI=1S/C24H20BrClN2O2S/c1-15-12-20(10-11-21(15)25)27-23(30)17-4-6-18(7-5-17)24-28(22(29)14-31-24)13-16-2-8-19(26)9-3-16/h2-12,24H,13-14H2,1H3,(H,27,30)/t24-/m0/s1. The SMILES string of the molecule is Cc1cc(NC(=O)c2ccc([C@@H]3SCC(=O)N3Cc3ccc(Cl)cc3)cc2)ccc1Br. The van der Waals surface area contributed by atoms with Gasteiger partial charge in [0.15, 0.2) is 0 Å². The van der Waals surface area contributed by atoms with Crippen LogP contribution in [-0.2, 0) is 11.3 Å². The van der Waals surface area contributed by atoms with Gasteiger partial charge in [0.05, 0.1) is 5.75 Å². The van der Waals surface area contributed by atoms with E-state index in [0.29, 0.717) is 22.9 Å². The average Bonchev–Trinajstić information content (AvgIpc) is 3.12. The molecule has 3 aromatic carbocycles. The van der Waals surface area contributed by atoms with Crippen LogP contribution in [0.5, 0.6) is 0 Å². The van der Waals surface area contributed by atoms with E-state index in [9.17, 15) is 9.59 Å². The number of carbonyl (C=O) groups is 2. The molecular formula is C24H20BrClN2O2S. The summed E-state index contributed by atoms with van der Waals surface area (Å²) in [7, 11) is 0. The van der Waals surface area contributed by atoms with E-state index in [0.717, 1.165) is 26.9 Å². The van der Waals surface area contributed by atoms with Gasteiger partial charge >= 0.3 is 0 Å². The van der Waals surface area contributed by atoms with Crippen molar-refractivity contribution in [3.05, 3.63) is 98.5 Å². The number of anilines is 1. The maximum absolute atomic E-state index is 12.6. The molecule has 0 unspecified atom stereocenters. The number of hydrogen-bond acceptors (Lipinski definition) is 3. The average molecular weight is 516 g/mol. The summed E-state index contributed by atoms with van der Waals surface area (Å²) in [5, 5.41) is 3.53. The van der Waals surface area contributed by atoms with E-state index in [1.54, 1.807) is 23.9 Å². The number of amides is 2. The summed E-state index contributed by atoms with van der Waals surface area (Å²) in [6.45, 7) is 2.50. The van der Waals surface area contributed by atoms with E-state index in [-0.39, 0.29) is 17.2 Å². The first-order valence-electron chi connectivity index (χ1n) is 9.74. The number of nitrogens with one attached hydrogen (secondary N) is 1. The second-order valence-corrected chi connectivity index (χ2v) is 9.71. The zero-order valence-corrected chi connectivity index (χ0v) is 19.9. The maximum atomic E-state index is 12.6. The highest BCUT2D eigenvalue weighted by atomic mass is 79.9. The number of halogens is 2. The Morgan fingerprint density at radius 3 is 2.52 bits per heavy atom. The smallest absolute Gasteiger partial charge is 0.255 e. The molecule has 1 atom stereocenters. The normalized spacial score (nSPS) is 15.9. The quantitative estimate of drug-likeness (QED) is 0.425. The van der Waals surface area contributed by atoms with Crippen LogP contribution in [-0.4, -0.2) is 22.5 Å². The largest absolute Gasteiger partial charge is 0.322 e. The van der Waals surface area contributed by atoms with Crippen LogP contribution < -0.4 is 5.32 Å². The fourth-order valence-corrected chi connectivity index (χ4v) is 4.97. The Balaban J connectivity index is 1.47. The summed E-state index contributed by atoms with van der Waals surface area (Å²) in [6, 6.07) is 20.7. The molecule has 0 radical (unpaired) electrons. The van der Waals surface area contributed by atoms with Gasteiger partial charge in [-0.3, -0.25) is 9.59 Å². The lowest BCUT2D eigenvalue weighted by Crippen LogP contribution is -2.27. The second-order valence-electron chi connectivity index (χ2n) is 7.35. The summed E-state index contributed by atoms with van der Waals surface area (Å²) in [5.74, 6) is 0.391. The van der Waals surface area contributed by atoms with Gasteiger partial charge in [-0.05, 0) is 66.1 Å². The Hall–Kier alpha value is -2.28. The van der Waals surface area contributed by atoms with Gasteiger partial charge in [0.1, 0.15) is 5.37 Å². The third-order valence-electron chi connectivity index (χ3n) is 5.11. The van der Waals surface area contributed by atoms with Gasteiger partial charge in [0.2, 0.25) is 5.91 Å². The summed E-state index contributed by atoms with van der Waals surface area (Å²) in [4.78, 5) is 27.0. The number of benzene rings is 3. The van der Waals surface area contributed by atoms with Gasteiger partial charge in [0.25, 0.3) is 5.91 Å². The Kier molecular flexibility index (Phi) is 6.70. The van der Waals surface area contributed by atoms with Crippen molar-refractivity contribution >= 4 is 56.8 Å². The second kappa shape index (κ2) is 9.47. The minimum Gasteiger partial charge on any atom is -0.322 e. The molecular weight excluding hydrogens is 496 g/mol. The molecule has 31 heavy (non-hydrogen) atoms. The highest BCUT2D eigenvalue weighted by Gasteiger charge is 2.32. The third-order valence-corrected chi connectivity index (χ3v) is 7.51. The third kappa shape index (κ3) is 5.14. The van der Waals surface area contributed by atoms with Crippen LogP contribution in [0.2, 0.25) is 5.02 Å². The number of aryl methyl sites for hydroxylation is 1. The lowest BCUT2D eigenvalue weighted by atomic mass is 10.1. The van der Waals surface area contributed by atoms with E-state index >= 15 is 0 Å². The van der Waals surface area contributed by atoms with Crippen LogP contribution in [0.4, 0.5) is 5.69 Å². The summed E-state index contributed by atoms with van der Waals surface area (Å²) in [6.07, 6.45) is 0. The fourth-order valence-electron chi connectivity index (χ4n) is 3.41. The minimum absolute atomic E-state index is 0.0746. The van der Waals surface area contributed by atoms with E-state index in [2.05, 4.69) is 21.2 Å². The molecule has 1 saturated heterocycles. The van der Waals surface area contributed by atoms with Crippen molar-refractivity contribution in [2.45, 2.75) is 18.8 Å². The molecule has 1 aliphatic rings. The molecule has 4 rings (SSSR count). The lowest BCUT2D eigenvalue weighted by molar-refractivity contribution is -0.128. The first kappa shape index (κ1) is 21.9. The highest BCUT2D eigenvalue weighted by molar-refractivity contribution is 9.10. The molecule has 0 bridgehead atoms. The Labute approximate surface area is 199 Å². The van der Waals surface area contributed by atoms with Crippen molar-refractivity contribution in [2.24, 2.45) is 0 Å². The molecule has 0 aliphatic carbocycles. The predicted octanol–water partition coefficient (Wildman–Crippen LogP) is 6.44. The van der Waals surface area contributed by atoms with Crippen LogP contribution in [0, 0.1) is 6.92 Å². The molecule has 1 fully saturated rings. The summed E-state index contributed by atoms with van der Waals surface area (Å²) >= 11 is 11.0. The monoisotopic (exact) mass is 514 g/mol. The predicted molar refractivity (Wildman–Crippen MR) is 130 cm³/mol. The van der Waals surface area contributed by atoms with E-state index in [1.807, 2.05) is 66.4 Å². The molecule has 0 aromatic heterocycles. The lowest BCUT2D eigenvalue weighted by Gasteiger charge is -2.24. The molecule has 2 amide bonds. The molecule has 0 saturated carbocycles. The van der Waals surface area contributed by atoms with Crippen LogP contribution in [0.15, 0.2) is 71.2 Å². The zero-order chi connectivity index (χ0) is 22.0. The van der Waals surface area contributed by atoms with E-state index in [1.165, 1.54) is 0 Å². The Bertz CT molecular complexity index is 1120. The number of thioether (sulfide) groups is 1. The Morgan fingerprint density at radius 1 is 1.13 bits per heavy atom.